The van der Waals surface area contributed by atoms with Gasteiger partial charge >= 0.3 is 0 Å². The van der Waals surface area contributed by atoms with E-state index in [2.05, 4.69) is 20.5 Å². The molecule has 0 radical (unpaired) electrons. The highest BCUT2D eigenvalue weighted by Crippen LogP contribution is 2.34. The molecular weight excluding hydrogens is 422 g/mol. The van der Waals surface area contributed by atoms with Crippen LogP contribution in [-0.2, 0) is 11.8 Å². The Morgan fingerprint density at radius 3 is 2.71 bits per heavy atom. The van der Waals surface area contributed by atoms with Crippen LogP contribution in [0.25, 0.3) is 0 Å². The van der Waals surface area contributed by atoms with Crippen molar-refractivity contribution in [3.05, 3.63) is 64.1 Å². The summed E-state index contributed by atoms with van der Waals surface area (Å²) in [6, 6.07) is 7.65. The molecule has 0 unspecified atom stereocenters. The first-order valence-corrected chi connectivity index (χ1v) is 9.84. The maximum absolute atomic E-state index is 12.7. The summed E-state index contributed by atoms with van der Waals surface area (Å²) in [7, 11) is 3.16. The Hall–Kier alpha value is -3.80. The van der Waals surface area contributed by atoms with Crippen LogP contribution in [0.1, 0.15) is 15.9 Å². The highest BCUT2D eigenvalue weighted by molar-refractivity contribution is 7.99. The highest BCUT2D eigenvalue weighted by Gasteiger charge is 2.22. The summed E-state index contributed by atoms with van der Waals surface area (Å²) < 4.78 is 1.63. The Kier molecular flexibility index (Phi) is 6.60. The van der Waals surface area contributed by atoms with Crippen LogP contribution in [0, 0.1) is 17.0 Å². The molecular formula is C19H19N7O4S. The molecule has 2 amide bonds. The molecule has 0 saturated carbocycles. The van der Waals surface area contributed by atoms with E-state index in [1.54, 1.807) is 29.9 Å². The third-order valence-electron chi connectivity index (χ3n) is 4.18. The van der Waals surface area contributed by atoms with Crippen molar-refractivity contribution in [2.24, 2.45) is 7.05 Å². The lowest BCUT2D eigenvalue weighted by Crippen LogP contribution is -2.35. The number of nitrogens with zero attached hydrogens (tertiary/aromatic N) is 6. The van der Waals surface area contributed by atoms with Crippen molar-refractivity contribution in [2.45, 2.75) is 17.0 Å². The smallest absolute Gasteiger partial charge is 0.284 e. The Labute approximate surface area is 181 Å². The van der Waals surface area contributed by atoms with Gasteiger partial charge in [0.05, 0.1) is 16.4 Å². The SMILES string of the molecule is Cc1ccnc(NC(=O)CN(C)C(=O)c2ccc(Sc3nncn3C)c([N+](=O)[O-])c2)c1. The maximum Gasteiger partial charge on any atom is 0.284 e. The fraction of sp³-hybridized carbons (Fsp3) is 0.211. The Morgan fingerprint density at radius 1 is 1.29 bits per heavy atom. The van der Waals surface area contributed by atoms with Crippen molar-refractivity contribution in [1.29, 1.82) is 0 Å². The molecule has 0 saturated heterocycles. The molecule has 0 fully saturated rings. The number of pyridine rings is 1. The van der Waals surface area contributed by atoms with E-state index in [0.29, 0.717) is 15.9 Å². The first-order valence-electron chi connectivity index (χ1n) is 9.03. The number of nitro groups is 1. The number of rotatable bonds is 7. The molecule has 0 bridgehead atoms. The van der Waals surface area contributed by atoms with Crippen LogP contribution in [0.2, 0.25) is 0 Å². The molecule has 2 aromatic heterocycles. The second-order valence-electron chi connectivity index (χ2n) is 6.69. The number of hydrogen-bond acceptors (Lipinski definition) is 8. The van der Waals surface area contributed by atoms with Crippen LogP contribution in [0.5, 0.6) is 0 Å². The second kappa shape index (κ2) is 9.34. The number of hydrogen-bond donors (Lipinski definition) is 1. The molecule has 11 nitrogen and oxygen atoms in total. The number of nitrogens with one attached hydrogen (secondary N) is 1. The molecule has 0 aliphatic heterocycles. The summed E-state index contributed by atoms with van der Waals surface area (Å²) in [6.07, 6.45) is 3.05. The Morgan fingerprint density at radius 2 is 2.06 bits per heavy atom. The van der Waals surface area contributed by atoms with E-state index in [0.717, 1.165) is 17.3 Å². The number of nitro benzene ring substituents is 1. The van der Waals surface area contributed by atoms with Gasteiger partial charge in [0, 0.05) is 31.9 Å². The third kappa shape index (κ3) is 5.42. The van der Waals surface area contributed by atoms with Crippen molar-refractivity contribution >= 4 is 35.1 Å². The van der Waals surface area contributed by atoms with Gasteiger partial charge in [-0.3, -0.25) is 19.7 Å². The Balaban J connectivity index is 1.72. The van der Waals surface area contributed by atoms with Crippen LogP contribution in [-0.4, -0.2) is 55.0 Å². The van der Waals surface area contributed by atoms with E-state index in [-0.39, 0.29) is 17.8 Å². The normalized spacial score (nSPS) is 10.5. The average Bonchev–Trinajstić information content (AvgIpc) is 3.12. The molecule has 0 atom stereocenters. The number of aryl methyl sites for hydroxylation is 2. The maximum atomic E-state index is 12.7. The zero-order chi connectivity index (χ0) is 22.5. The van der Waals surface area contributed by atoms with E-state index in [1.807, 2.05) is 6.92 Å². The zero-order valence-corrected chi connectivity index (χ0v) is 17.8. The number of likely N-dealkylation sites (N-methyl/N-ethyl adjacent to an activating group) is 1. The molecule has 31 heavy (non-hydrogen) atoms. The number of amides is 2. The summed E-state index contributed by atoms with van der Waals surface area (Å²) >= 11 is 1.07. The number of aromatic nitrogens is 4. The molecule has 3 aromatic rings. The van der Waals surface area contributed by atoms with E-state index < -0.39 is 16.7 Å². The van der Waals surface area contributed by atoms with Crippen LogP contribution in [0.15, 0.2) is 52.9 Å². The number of anilines is 1. The van der Waals surface area contributed by atoms with Gasteiger partial charge in [-0.25, -0.2) is 4.98 Å². The van der Waals surface area contributed by atoms with Crippen molar-refractivity contribution < 1.29 is 14.5 Å². The van der Waals surface area contributed by atoms with E-state index in [1.165, 1.54) is 36.5 Å². The van der Waals surface area contributed by atoms with Gasteiger partial charge in [0.15, 0.2) is 5.16 Å². The molecule has 2 heterocycles. The highest BCUT2D eigenvalue weighted by atomic mass is 32.2. The topological polar surface area (TPSA) is 136 Å². The van der Waals surface area contributed by atoms with Crippen LogP contribution in [0.3, 0.4) is 0 Å². The number of carbonyl (C=O) groups is 2. The third-order valence-corrected chi connectivity index (χ3v) is 5.30. The molecule has 0 aliphatic rings. The fourth-order valence-electron chi connectivity index (χ4n) is 2.64. The van der Waals surface area contributed by atoms with Gasteiger partial charge in [0.1, 0.15) is 12.1 Å². The van der Waals surface area contributed by atoms with Gasteiger partial charge in [-0.05, 0) is 48.5 Å². The molecule has 1 N–H and O–H groups in total. The number of benzene rings is 1. The van der Waals surface area contributed by atoms with Crippen molar-refractivity contribution in [1.82, 2.24) is 24.6 Å². The molecule has 0 spiro atoms. The largest absolute Gasteiger partial charge is 0.332 e. The van der Waals surface area contributed by atoms with Gasteiger partial charge in [-0.15, -0.1) is 10.2 Å². The predicted octanol–water partition coefficient (Wildman–Crippen LogP) is 2.29. The molecule has 160 valence electrons. The lowest BCUT2D eigenvalue weighted by molar-refractivity contribution is -0.387. The minimum absolute atomic E-state index is 0.0954. The summed E-state index contributed by atoms with van der Waals surface area (Å²) in [5.41, 5.74) is 0.792. The quantitative estimate of drug-likeness (QED) is 0.436. The first-order chi connectivity index (χ1) is 14.7. The van der Waals surface area contributed by atoms with Crippen molar-refractivity contribution in [2.75, 3.05) is 18.9 Å². The zero-order valence-electron chi connectivity index (χ0n) is 17.0. The second-order valence-corrected chi connectivity index (χ2v) is 7.70. The summed E-state index contributed by atoms with van der Waals surface area (Å²) in [4.78, 5) is 41.5. The minimum Gasteiger partial charge on any atom is -0.332 e. The van der Waals surface area contributed by atoms with Gasteiger partial charge in [-0.2, -0.15) is 0 Å². The molecule has 3 rings (SSSR count). The van der Waals surface area contributed by atoms with Gasteiger partial charge in [0.25, 0.3) is 11.6 Å². The lowest BCUT2D eigenvalue weighted by atomic mass is 10.2. The molecule has 12 heteroatoms. The molecule has 0 aliphatic carbocycles. The van der Waals surface area contributed by atoms with Gasteiger partial charge in [-0.1, -0.05) is 0 Å². The first kappa shape index (κ1) is 21.9. The predicted molar refractivity (Wildman–Crippen MR) is 113 cm³/mol. The average molecular weight is 441 g/mol. The summed E-state index contributed by atoms with van der Waals surface area (Å²) in [5, 5.41) is 22.3. The van der Waals surface area contributed by atoms with E-state index in [9.17, 15) is 19.7 Å². The summed E-state index contributed by atoms with van der Waals surface area (Å²) in [6.45, 7) is 1.63. The van der Waals surface area contributed by atoms with Gasteiger partial charge < -0.3 is 14.8 Å². The van der Waals surface area contributed by atoms with Crippen LogP contribution >= 0.6 is 11.8 Å². The fourth-order valence-corrected chi connectivity index (χ4v) is 3.49. The Bertz CT molecular complexity index is 1150. The minimum atomic E-state index is -0.564. The van der Waals surface area contributed by atoms with Crippen LogP contribution in [0.4, 0.5) is 11.5 Å². The number of carbonyl (C=O) groups excluding carboxylic acids is 2. The van der Waals surface area contributed by atoms with Crippen molar-refractivity contribution in [3.8, 4) is 0 Å². The van der Waals surface area contributed by atoms with E-state index >= 15 is 0 Å². The molecule has 1 aromatic carbocycles. The van der Waals surface area contributed by atoms with Crippen molar-refractivity contribution in [3.63, 3.8) is 0 Å². The van der Waals surface area contributed by atoms with Crippen LogP contribution < -0.4 is 5.32 Å². The van der Waals surface area contributed by atoms with Gasteiger partial charge in [0.2, 0.25) is 5.91 Å². The van der Waals surface area contributed by atoms with E-state index in [4.69, 9.17) is 0 Å². The lowest BCUT2D eigenvalue weighted by Gasteiger charge is -2.17. The summed E-state index contributed by atoms with van der Waals surface area (Å²) in [5.74, 6) is -0.574. The monoisotopic (exact) mass is 441 g/mol. The standard InChI is InChI=1S/C19H19N7O4S/c1-12-6-7-20-16(8-12)22-17(27)10-24(2)18(28)13-4-5-15(14(9-13)26(29)30)31-19-23-21-11-25(19)3/h4-9,11H,10H2,1-3H3,(H,20,22,27).